The number of carbonyl (C=O) groups excluding carboxylic acids is 1. The zero-order valence-electron chi connectivity index (χ0n) is 15.7. The van der Waals surface area contributed by atoms with E-state index in [1.165, 1.54) is 12.1 Å². The average molecular weight is 382 g/mol. The summed E-state index contributed by atoms with van der Waals surface area (Å²) in [5.74, 6) is -0.316. The normalized spacial score (nSPS) is 16.1. The average Bonchev–Trinajstić information content (AvgIpc) is 3.11. The van der Waals surface area contributed by atoms with Gasteiger partial charge in [-0.3, -0.25) is 4.68 Å². The molecule has 4 rings (SSSR count). The van der Waals surface area contributed by atoms with Crippen molar-refractivity contribution in [1.29, 1.82) is 0 Å². The summed E-state index contributed by atoms with van der Waals surface area (Å²) in [6.45, 7) is 3.80. The Morgan fingerprint density at radius 2 is 2.07 bits per heavy atom. The Bertz CT molecular complexity index is 995. The van der Waals surface area contributed by atoms with Gasteiger partial charge < -0.3 is 15.4 Å². The van der Waals surface area contributed by atoms with E-state index in [-0.39, 0.29) is 11.8 Å². The topological polar surface area (TPSA) is 68.2 Å². The molecule has 0 spiro atoms. The van der Waals surface area contributed by atoms with Crippen LogP contribution in [0.15, 0.2) is 48.7 Å². The number of hydrogen-bond donors (Lipinski definition) is 2. The maximum atomic E-state index is 13.8. The molecule has 7 heteroatoms. The molecule has 6 nitrogen and oxygen atoms in total. The van der Waals surface area contributed by atoms with Gasteiger partial charge in [0, 0.05) is 30.8 Å². The summed E-state index contributed by atoms with van der Waals surface area (Å²) in [5.41, 5.74) is 1.75. The molecule has 0 radical (unpaired) electrons. The van der Waals surface area contributed by atoms with Gasteiger partial charge in [0.25, 0.3) is 0 Å². The van der Waals surface area contributed by atoms with Gasteiger partial charge in [-0.15, -0.1) is 0 Å². The number of rotatable bonds is 4. The molecule has 0 bridgehead atoms. The number of aryl methyl sites for hydroxylation is 1. The lowest BCUT2D eigenvalue weighted by Gasteiger charge is -2.38. The highest BCUT2D eigenvalue weighted by atomic mass is 19.1. The summed E-state index contributed by atoms with van der Waals surface area (Å²) in [6, 6.07) is 11.8. The standard InChI is InChI=1S/C21H23FN4O2/c1-2-26-19-13-18(7-6-15(19)14-23-26)24-20(27)25-21(8-10-28-11-9-21)16-4-3-5-17(22)12-16/h3-7,12-14H,2,8-11H2,1H3,(H2,24,25,27). The third-order valence-electron chi connectivity index (χ3n) is 5.28. The largest absolute Gasteiger partial charge is 0.381 e. The number of benzene rings is 2. The number of urea groups is 1. The van der Waals surface area contributed by atoms with Gasteiger partial charge >= 0.3 is 6.03 Å². The second-order valence-corrected chi connectivity index (χ2v) is 7.02. The van der Waals surface area contributed by atoms with Crippen molar-refractivity contribution >= 4 is 22.6 Å². The quantitative estimate of drug-likeness (QED) is 0.716. The maximum absolute atomic E-state index is 13.8. The van der Waals surface area contributed by atoms with Crippen molar-refractivity contribution in [3.63, 3.8) is 0 Å². The number of anilines is 1. The Morgan fingerprint density at radius 1 is 1.25 bits per heavy atom. The van der Waals surface area contributed by atoms with Crippen molar-refractivity contribution in [3.8, 4) is 0 Å². The van der Waals surface area contributed by atoms with Crippen molar-refractivity contribution in [1.82, 2.24) is 15.1 Å². The molecule has 0 unspecified atom stereocenters. The number of nitrogens with zero attached hydrogens (tertiary/aromatic N) is 2. The van der Waals surface area contributed by atoms with Crippen LogP contribution in [0.4, 0.5) is 14.9 Å². The second-order valence-electron chi connectivity index (χ2n) is 7.02. The molecule has 0 saturated carbocycles. The van der Waals surface area contributed by atoms with Crippen LogP contribution in [-0.4, -0.2) is 29.0 Å². The summed E-state index contributed by atoms with van der Waals surface area (Å²) in [5, 5.41) is 11.3. The van der Waals surface area contributed by atoms with Gasteiger partial charge in [0.2, 0.25) is 0 Å². The third kappa shape index (κ3) is 3.57. The number of ether oxygens (including phenoxy) is 1. The van der Waals surface area contributed by atoms with Gasteiger partial charge in [-0.25, -0.2) is 9.18 Å². The Labute approximate surface area is 162 Å². The number of amides is 2. The summed E-state index contributed by atoms with van der Waals surface area (Å²) >= 11 is 0. The van der Waals surface area contributed by atoms with Crippen LogP contribution in [-0.2, 0) is 16.8 Å². The van der Waals surface area contributed by atoms with Gasteiger partial charge in [-0.05, 0) is 55.7 Å². The first-order valence-corrected chi connectivity index (χ1v) is 9.48. The minimum atomic E-state index is -0.653. The molecule has 1 aliphatic heterocycles. The van der Waals surface area contributed by atoms with Crippen molar-refractivity contribution in [2.75, 3.05) is 18.5 Å². The Morgan fingerprint density at radius 3 is 2.82 bits per heavy atom. The number of nitrogens with one attached hydrogen (secondary N) is 2. The molecule has 28 heavy (non-hydrogen) atoms. The molecule has 2 heterocycles. The van der Waals surface area contributed by atoms with E-state index in [9.17, 15) is 9.18 Å². The van der Waals surface area contributed by atoms with E-state index in [1.54, 1.807) is 6.07 Å². The van der Waals surface area contributed by atoms with Gasteiger partial charge in [0.1, 0.15) is 5.82 Å². The van der Waals surface area contributed by atoms with Crippen molar-refractivity contribution in [2.24, 2.45) is 0 Å². The molecule has 2 N–H and O–H groups in total. The van der Waals surface area contributed by atoms with Gasteiger partial charge in [0.05, 0.1) is 17.3 Å². The van der Waals surface area contributed by atoms with Gasteiger partial charge in [-0.2, -0.15) is 5.10 Å². The minimum absolute atomic E-state index is 0.316. The Hall–Kier alpha value is -2.93. The van der Waals surface area contributed by atoms with E-state index in [4.69, 9.17) is 4.74 Å². The predicted molar refractivity (Wildman–Crippen MR) is 106 cm³/mol. The van der Waals surface area contributed by atoms with Crippen LogP contribution in [0.5, 0.6) is 0 Å². The summed E-state index contributed by atoms with van der Waals surface area (Å²) in [4.78, 5) is 12.8. The van der Waals surface area contributed by atoms with Crippen molar-refractivity contribution in [3.05, 3.63) is 60.0 Å². The Balaban J connectivity index is 1.56. The zero-order chi connectivity index (χ0) is 19.6. The molecule has 1 aromatic heterocycles. The first-order valence-electron chi connectivity index (χ1n) is 9.48. The van der Waals surface area contributed by atoms with E-state index < -0.39 is 5.54 Å². The molecule has 0 atom stereocenters. The predicted octanol–water partition coefficient (Wildman–Crippen LogP) is 4.02. The van der Waals surface area contributed by atoms with E-state index >= 15 is 0 Å². The van der Waals surface area contributed by atoms with Crippen molar-refractivity contribution in [2.45, 2.75) is 31.8 Å². The fourth-order valence-corrected chi connectivity index (χ4v) is 3.77. The van der Waals surface area contributed by atoms with Crippen LogP contribution in [0.3, 0.4) is 0 Å². The molecule has 1 aliphatic rings. The fourth-order valence-electron chi connectivity index (χ4n) is 3.77. The highest BCUT2D eigenvalue weighted by molar-refractivity contribution is 5.93. The highest BCUT2D eigenvalue weighted by Crippen LogP contribution is 2.32. The lowest BCUT2D eigenvalue weighted by molar-refractivity contribution is 0.0417. The number of aromatic nitrogens is 2. The first-order chi connectivity index (χ1) is 13.6. The molecular formula is C21H23FN4O2. The van der Waals surface area contributed by atoms with Crippen LogP contribution < -0.4 is 10.6 Å². The lowest BCUT2D eigenvalue weighted by Crippen LogP contribution is -2.51. The van der Waals surface area contributed by atoms with Crippen LogP contribution in [0, 0.1) is 5.82 Å². The van der Waals surface area contributed by atoms with Gasteiger partial charge in [0.15, 0.2) is 0 Å². The number of halogens is 1. The minimum Gasteiger partial charge on any atom is -0.381 e. The number of fused-ring (bicyclic) bond motifs is 1. The van der Waals surface area contributed by atoms with Crippen LogP contribution in [0.2, 0.25) is 0 Å². The SMILES string of the molecule is CCn1ncc2ccc(NC(=O)NC3(c4cccc(F)c4)CCOCC3)cc21. The summed E-state index contributed by atoms with van der Waals surface area (Å²) in [7, 11) is 0. The smallest absolute Gasteiger partial charge is 0.319 e. The van der Waals surface area contributed by atoms with Crippen LogP contribution in [0.1, 0.15) is 25.3 Å². The van der Waals surface area contributed by atoms with Crippen LogP contribution in [0.25, 0.3) is 10.9 Å². The Kier molecular flexibility index (Phi) is 5.00. The summed E-state index contributed by atoms with van der Waals surface area (Å²) in [6.07, 6.45) is 2.99. The first kappa shape index (κ1) is 18.4. The van der Waals surface area contributed by atoms with E-state index in [0.717, 1.165) is 23.0 Å². The molecule has 3 aromatic rings. The third-order valence-corrected chi connectivity index (χ3v) is 5.28. The van der Waals surface area contributed by atoms with E-state index in [0.29, 0.717) is 31.7 Å². The highest BCUT2D eigenvalue weighted by Gasteiger charge is 2.36. The second kappa shape index (κ2) is 7.59. The number of hydrogen-bond acceptors (Lipinski definition) is 3. The molecule has 1 saturated heterocycles. The monoisotopic (exact) mass is 382 g/mol. The van der Waals surface area contributed by atoms with E-state index in [1.807, 2.05) is 42.1 Å². The molecule has 2 amide bonds. The van der Waals surface area contributed by atoms with E-state index in [2.05, 4.69) is 15.7 Å². The van der Waals surface area contributed by atoms with Crippen molar-refractivity contribution < 1.29 is 13.9 Å². The molecule has 0 aliphatic carbocycles. The maximum Gasteiger partial charge on any atom is 0.319 e. The lowest BCUT2D eigenvalue weighted by atomic mass is 9.82. The fraction of sp³-hybridized carbons (Fsp3) is 0.333. The zero-order valence-corrected chi connectivity index (χ0v) is 15.7. The van der Waals surface area contributed by atoms with Gasteiger partial charge in [-0.1, -0.05) is 12.1 Å². The molecule has 2 aromatic carbocycles. The molecule has 146 valence electrons. The van der Waals surface area contributed by atoms with Crippen LogP contribution >= 0.6 is 0 Å². The molecule has 1 fully saturated rings. The number of carbonyl (C=O) groups is 1. The summed E-state index contributed by atoms with van der Waals surface area (Å²) < 4.78 is 21.1. The molecular weight excluding hydrogens is 359 g/mol.